The van der Waals surface area contributed by atoms with Crippen LogP contribution < -0.4 is 5.32 Å². The van der Waals surface area contributed by atoms with Gasteiger partial charge in [0, 0.05) is 13.6 Å². The van der Waals surface area contributed by atoms with Crippen LogP contribution in [0.2, 0.25) is 0 Å². The molecule has 0 aliphatic heterocycles. The van der Waals surface area contributed by atoms with Gasteiger partial charge >= 0.3 is 0 Å². The smallest absolute Gasteiger partial charge is 0.269 e. The van der Waals surface area contributed by atoms with Gasteiger partial charge in [-0.15, -0.1) is 0 Å². The number of aromatic nitrogens is 2. The molecule has 0 unspecified atom stereocenters. The quantitative estimate of drug-likeness (QED) is 0.908. The topological polar surface area (TPSA) is 46.9 Å². The molecule has 1 aromatic rings. The maximum atomic E-state index is 12.2. The molecule has 0 spiro atoms. The number of amides is 1. The van der Waals surface area contributed by atoms with E-state index < -0.39 is 0 Å². The van der Waals surface area contributed by atoms with Gasteiger partial charge in [0.05, 0.1) is 5.69 Å². The fourth-order valence-electron chi connectivity index (χ4n) is 2.70. The number of nitrogens with zero attached hydrogens (tertiary/aromatic N) is 2. The Morgan fingerprint density at radius 2 is 2.11 bits per heavy atom. The Labute approximate surface area is 115 Å². The molecular weight excluding hydrogens is 238 g/mol. The van der Waals surface area contributed by atoms with Crippen molar-refractivity contribution in [1.29, 1.82) is 0 Å². The van der Waals surface area contributed by atoms with E-state index in [-0.39, 0.29) is 5.91 Å². The van der Waals surface area contributed by atoms with Crippen LogP contribution in [0.1, 0.15) is 68.1 Å². The van der Waals surface area contributed by atoms with Crippen LogP contribution in [0.4, 0.5) is 0 Å². The minimum atomic E-state index is 0.00692. The van der Waals surface area contributed by atoms with Gasteiger partial charge < -0.3 is 5.32 Å². The monoisotopic (exact) mass is 263 g/mol. The summed E-state index contributed by atoms with van der Waals surface area (Å²) in [6.45, 7) is 4.99. The number of nitrogens with one attached hydrogen (secondary N) is 1. The van der Waals surface area contributed by atoms with Crippen LogP contribution in [0.5, 0.6) is 0 Å². The third-order valence-electron chi connectivity index (χ3n) is 4.00. The molecule has 0 atom stereocenters. The maximum Gasteiger partial charge on any atom is 0.269 e. The molecule has 2 rings (SSSR count). The maximum absolute atomic E-state index is 12.2. The SMILES string of the molecule is CC(C)c1cc(C(=O)NCC2CCCCC2)n(C)n1. The first-order valence-corrected chi connectivity index (χ1v) is 7.40. The molecule has 4 heteroatoms. The second-order valence-electron chi connectivity index (χ2n) is 5.95. The van der Waals surface area contributed by atoms with Crippen LogP contribution >= 0.6 is 0 Å². The standard InChI is InChI=1S/C15H25N3O/c1-11(2)13-9-14(18(3)17-13)15(19)16-10-12-7-5-4-6-8-12/h9,11-12H,4-8,10H2,1-3H3,(H,16,19). The summed E-state index contributed by atoms with van der Waals surface area (Å²) >= 11 is 0. The summed E-state index contributed by atoms with van der Waals surface area (Å²) in [6.07, 6.45) is 6.48. The number of carbonyl (C=O) groups excluding carboxylic acids is 1. The van der Waals surface area contributed by atoms with Gasteiger partial charge in [-0.3, -0.25) is 9.48 Å². The van der Waals surface area contributed by atoms with Crippen LogP contribution in [0.25, 0.3) is 0 Å². The Bertz CT molecular complexity index is 431. The zero-order valence-electron chi connectivity index (χ0n) is 12.3. The Hall–Kier alpha value is -1.32. The van der Waals surface area contributed by atoms with Gasteiger partial charge in [-0.25, -0.2) is 0 Å². The van der Waals surface area contributed by atoms with E-state index in [0.717, 1.165) is 12.2 Å². The number of aryl methyl sites for hydroxylation is 1. The lowest BCUT2D eigenvalue weighted by atomic mass is 9.89. The van der Waals surface area contributed by atoms with Crippen LogP contribution in [0, 0.1) is 5.92 Å². The van der Waals surface area contributed by atoms with Crippen LogP contribution in [0.15, 0.2) is 6.07 Å². The number of hydrogen-bond donors (Lipinski definition) is 1. The van der Waals surface area contributed by atoms with Crippen molar-refractivity contribution in [3.8, 4) is 0 Å². The molecule has 0 radical (unpaired) electrons. The molecule has 1 aliphatic carbocycles. The van der Waals surface area contributed by atoms with E-state index in [4.69, 9.17) is 0 Å². The highest BCUT2D eigenvalue weighted by atomic mass is 16.2. The van der Waals surface area contributed by atoms with Gasteiger partial charge in [0.1, 0.15) is 5.69 Å². The summed E-state index contributed by atoms with van der Waals surface area (Å²) in [6, 6.07) is 1.90. The van der Waals surface area contributed by atoms with Gasteiger partial charge in [0.25, 0.3) is 5.91 Å². The molecule has 1 aliphatic rings. The van der Waals surface area contributed by atoms with Crippen molar-refractivity contribution in [3.05, 3.63) is 17.5 Å². The average molecular weight is 263 g/mol. The second-order valence-corrected chi connectivity index (χ2v) is 5.95. The molecule has 19 heavy (non-hydrogen) atoms. The van der Waals surface area contributed by atoms with Crippen molar-refractivity contribution in [1.82, 2.24) is 15.1 Å². The number of rotatable bonds is 4. The fourth-order valence-corrected chi connectivity index (χ4v) is 2.70. The molecule has 0 saturated heterocycles. The third kappa shape index (κ3) is 3.58. The van der Waals surface area contributed by atoms with E-state index in [2.05, 4.69) is 24.3 Å². The molecule has 4 nitrogen and oxygen atoms in total. The summed E-state index contributed by atoms with van der Waals surface area (Å²) in [5.74, 6) is 1.02. The van der Waals surface area contributed by atoms with Crippen LogP contribution in [-0.4, -0.2) is 22.2 Å². The van der Waals surface area contributed by atoms with Gasteiger partial charge in [0.2, 0.25) is 0 Å². The molecule has 1 heterocycles. The van der Waals surface area contributed by atoms with E-state index in [0.29, 0.717) is 17.5 Å². The van der Waals surface area contributed by atoms with E-state index in [1.54, 1.807) is 4.68 Å². The highest BCUT2D eigenvalue weighted by molar-refractivity contribution is 5.92. The molecule has 1 fully saturated rings. The normalized spacial score (nSPS) is 16.8. The number of carbonyl (C=O) groups is 1. The largest absolute Gasteiger partial charge is 0.350 e. The zero-order valence-corrected chi connectivity index (χ0v) is 12.3. The summed E-state index contributed by atoms with van der Waals surface area (Å²) in [7, 11) is 1.83. The summed E-state index contributed by atoms with van der Waals surface area (Å²) in [4.78, 5) is 12.2. The molecule has 1 aromatic heterocycles. The molecule has 1 N–H and O–H groups in total. The van der Waals surface area contributed by atoms with Crippen molar-refractivity contribution in [2.24, 2.45) is 13.0 Å². The molecular formula is C15H25N3O. The van der Waals surface area contributed by atoms with Gasteiger partial charge in [0.15, 0.2) is 0 Å². The Morgan fingerprint density at radius 1 is 1.42 bits per heavy atom. The van der Waals surface area contributed by atoms with Crippen LogP contribution in [-0.2, 0) is 7.05 Å². The van der Waals surface area contributed by atoms with Crippen molar-refractivity contribution < 1.29 is 4.79 Å². The highest BCUT2D eigenvalue weighted by Gasteiger charge is 2.17. The summed E-state index contributed by atoms with van der Waals surface area (Å²) in [5.41, 5.74) is 1.64. The highest BCUT2D eigenvalue weighted by Crippen LogP contribution is 2.23. The van der Waals surface area contributed by atoms with E-state index in [1.807, 2.05) is 13.1 Å². The Balaban J connectivity index is 1.92. The van der Waals surface area contributed by atoms with E-state index in [9.17, 15) is 4.79 Å². The molecule has 1 saturated carbocycles. The lowest BCUT2D eigenvalue weighted by Gasteiger charge is -2.21. The minimum absolute atomic E-state index is 0.00692. The Kier molecular flexibility index (Phi) is 4.61. The van der Waals surface area contributed by atoms with Crippen molar-refractivity contribution in [2.75, 3.05) is 6.54 Å². The van der Waals surface area contributed by atoms with Crippen molar-refractivity contribution in [2.45, 2.75) is 51.9 Å². The zero-order chi connectivity index (χ0) is 13.8. The minimum Gasteiger partial charge on any atom is -0.350 e. The van der Waals surface area contributed by atoms with Crippen molar-refractivity contribution in [3.63, 3.8) is 0 Å². The number of hydrogen-bond acceptors (Lipinski definition) is 2. The molecule has 106 valence electrons. The molecule has 0 aromatic carbocycles. The second kappa shape index (κ2) is 6.22. The molecule has 0 bridgehead atoms. The van der Waals surface area contributed by atoms with Gasteiger partial charge in [-0.1, -0.05) is 33.1 Å². The van der Waals surface area contributed by atoms with Gasteiger partial charge in [-0.2, -0.15) is 5.10 Å². The Morgan fingerprint density at radius 3 is 2.68 bits per heavy atom. The lowest BCUT2D eigenvalue weighted by molar-refractivity contribution is 0.0934. The summed E-state index contributed by atoms with van der Waals surface area (Å²) < 4.78 is 1.69. The predicted molar refractivity (Wildman–Crippen MR) is 76.2 cm³/mol. The van der Waals surface area contributed by atoms with Gasteiger partial charge in [-0.05, 0) is 30.7 Å². The average Bonchev–Trinajstić information content (AvgIpc) is 2.80. The first-order valence-electron chi connectivity index (χ1n) is 7.40. The van der Waals surface area contributed by atoms with Crippen molar-refractivity contribution >= 4 is 5.91 Å². The van der Waals surface area contributed by atoms with Crippen LogP contribution in [0.3, 0.4) is 0 Å². The third-order valence-corrected chi connectivity index (χ3v) is 4.00. The van der Waals surface area contributed by atoms with E-state index >= 15 is 0 Å². The molecule has 1 amide bonds. The first kappa shape index (κ1) is 14.1. The lowest BCUT2D eigenvalue weighted by Crippen LogP contribution is -2.31. The first-order chi connectivity index (χ1) is 9.08. The summed E-state index contributed by atoms with van der Waals surface area (Å²) in [5, 5.41) is 7.44. The fraction of sp³-hybridized carbons (Fsp3) is 0.733. The van der Waals surface area contributed by atoms with E-state index in [1.165, 1.54) is 32.1 Å². The predicted octanol–water partition coefficient (Wildman–Crippen LogP) is 2.85.